The Bertz CT molecular complexity index is 262. The predicted octanol–water partition coefficient (Wildman–Crippen LogP) is 3.08. The number of hydrogen-bond acceptors (Lipinski definition) is 2. The number of allylic oxidation sites excluding steroid dienone is 4. The Morgan fingerprint density at radius 2 is 2.00 bits per heavy atom. The molecule has 0 aliphatic carbocycles. The van der Waals surface area contributed by atoms with E-state index in [1.165, 1.54) is 5.57 Å². The molecule has 1 unspecified atom stereocenters. The SMILES string of the molecule is CC(=O)CCC=C(C)C/C=C/C(C)C=O. The third kappa shape index (κ3) is 9.13. The van der Waals surface area contributed by atoms with Crippen LogP contribution in [0.15, 0.2) is 23.8 Å². The quantitative estimate of drug-likeness (QED) is 0.476. The van der Waals surface area contributed by atoms with Gasteiger partial charge in [0.15, 0.2) is 0 Å². The van der Waals surface area contributed by atoms with Crippen molar-refractivity contribution in [1.29, 1.82) is 0 Å². The van der Waals surface area contributed by atoms with Crippen LogP contribution in [-0.2, 0) is 9.59 Å². The van der Waals surface area contributed by atoms with E-state index >= 15 is 0 Å². The maximum atomic E-state index is 10.7. The summed E-state index contributed by atoms with van der Waals surface area (Å²) in [6.45, 7) is 5.50. The first-order chi connectivity index (χ1) is 7.06. The summed E-state index contributed by atoms with van der Waals surface area (Å²) in [7, 11) is 0. The first kappa shape index (κ1) is 13.8. The van der Waals surface area contributed by atoms with Crippen molar-refractivity contribution in [2.75, 3.05) is 0 Å². The summed E-state index contributed by atoms with van der Waals surface area (Å²) in [4.78, 5) is 21.0. The average Bonchev–Trinajstić information content (AvgIpc) is 2.17. The monoisotopic (exact) mass is 208 g/mol. The largest absolute Gasteiger partial charge is 0.303 e. The minimum atomic E-state index is -0.00461. The van der Waals surface area contributed by atoms with Crippen molar-refractivity contribution < 1.29 is 9.59 Å². The molecule has 0 bridgehead atoms. The van der Waals surface area contributed by atoms with Crippen molar-refractivity contribution in [3.63, 3.8) is 0 Å². The third-order valence-corrected chi connectivity index (χ3v) is 2.08. The van der Waals surface area contributed by atoms with Gasteiger partial charge in [0.05, 0.1) is 0 Å². The molecule has 0 aromatic rings. The molecule has 0 aromatic heterocycles. The molecule has 0 saturated heterocycles. The molecule has 2 heteroatoms. The van der Waals surface area contributed by atoms with Crippen molar-refractivity contribution in [3.05, 3.63) is 23.8 Å². The Balaban J connectivity index is 3.81. The van der Waals surface area contributed by atoms with E-state index in [0.29, 0.717) is 6.42 Å². The van der Waals surface area contributed by atoms with Gasteiger partial charge in [-0.25, -0.2) is 0 Å². The van der Waals surface area contributed by atoms with Gasteiger partial charge in [-0.05, 0) is 26.7 Å². The lowest BCUT2D eigenvalue weighted by Crippen LogP contribution is -1.89. The number of carbonyl (C=O) groups is 2. The van der Waals surface area contributed by atoms with Crippen LogP contribution in [-0.4, -0.2) is 12.1 Å². The number of Topliss-reactive ketones (excluding diaryl/α,β-unsaturated/α-hetero) is 1. The maximum absolute atomic E-state index is 10.7. The normalized spacial score (nSPS) is 14.2. The van der Waals surface area contributed by atoms with Gasteiger partial charge in [0.1, 0.15) is 12.1 Å². The van der Waals surface area contributed by atoms with E-state index in [2.05, 4.69) is 6.08 Å². The highest BCUT2D eigenvalue weighted by Crippen LogP contribution is 2.05. The van der Waals surface area contributed by atoms with Gasteiger partial charge in [-0.2, -0.15) is 0 Å². The van der Waals surface area contributed by atoms with Gasteiger partial charge in [-0.3, -0.25) is 0 Å². The number of aldehydes is 1. The van der Waals surface area contributed by atoms with Crippen LogP contribution in [0.3, 0.4) is 0 Å². The average molecular weight is 208 g/mol. The number of carbonyl (C=O) groups excluding carboxylic acids is 2. The minimum Gasteiger partial charge on any atom is -0.303 e. The van der Waals surface area contributed by atoms with E-state index in [0.717, 1.165) is 19.1 Å². The molecule has 0 aliphatic heterocycles. The molecular formula is C13H20O2. The summed E-state index contributed by atoms with van der Waals surface area (Å²) in [6, 6.07) is 0. The summed E-state index contributed by atoms with van der Waals surface area (Å²) >= 11 is 0. The first-order valence-corrected chi connectivity index (χ1v) is 5.33. The predicted molar refractivity (Wildman–Crippen MR) is 62.7 cm³/mol. The van der Waals surface area contributed by atoms with E-state index in [4.69, 9.17) is 0 Å². The molecule has 0 saturated carbocycles. The maximum Gasteiger partial charge on any atom is 0.130 e. The van der Waals surface area contributed by atoms with Crippen LogP contribution in [0.25, 0.3) is 0 Å². The molecule has 0 heterocycles. The van der Waals surface area contributed by atoms with Crippen molar-refractivity contribution in [2.45, 2.75) is 40.0 Å². The summed E-state index contributed by atoms with van der Waals surface area (Å²) in [5.41, 5.74) is 1.24. The second-order valence-electron chi connectivity index (χ2n) is 3.92. The molecule has 0 aliphatic rings. The smallest absolute Gasteiger partial charge is 0.130 e. The standard InChI is InChI=1S/C13H20O2/c1-11(7-5-9-13(3)15)6-4-8-12(2)10-14/h4,7-8,10,12H,5-6,9H2,1-3H3/b8-4+,11-7?. The van der Waals surface area contributed by atoms with Crippen LogP contribution in [0, 0.1) is 5.92 Å². The van der Waals surface area contributed by atoms with Crippen LogP contribution >= 0.6 is 0 Å². The van der Waals surface area contributed by atoms with Gasteiger partial charge in [-0.1, -0.05) is 30.7 Å². The Hall–Kier alpha value is -1.18. The fraction of sp³-hybridized carbons (Fsp3) is 0.538. The fourth-order valence-electron chi connectivity index (χ4n) is 1.12. The first-order valence-electron chi connectivity index (χ1n) is 5.33. The molecule has 0 N–H and O–H groups in total. The van der Waals surface area contributed by atoms with Crippen molar-refractivity contribution >= 4 is 12.1 Å². The molecule has 0 aromatic carbocycles. The van der Waals surface area contributed by atoms with Gasteiger partial charge in [0.25, 0.3) is 0 Å². The number of rotatable bonds is 7. The molecule has 15 heavy (non-hydrogen) atoms. The lowest BCUT2D eigenvalue weighted by atomic mass is 10.1. The van der Waals surface area contributed by atoms with E-state index in [-0.39, 0.29) is 11.7 Å². The van der Waals surface area contributed by atoms with Crippen LogP contribution in [0.5, 0.6) is 0 Å². The number of hydrogen-bond donors (Lipinski definition) is 0. The van der Waals surface area contributed by atoms with E-state index < -0.39 is 0 Å². The summed E-state index contributed by atoms with van der Waals surface area (Å²) in [5, 5.41) is 0. The van der Waals surface area contributed by atoms with E-state index in [1.54, 1.807) is 6.92 Å². The van der Waals surface area contributed by atoms with Gasteiger partial charge >= 0.3 is 0 Å². The van der Waals surface area contributed by atoms with Crippen molar-refractivity contribution in [1.82, 2.24) is 0 Å². The van der Waals surface area contributed by atoms with Crippen LogP contribution in [0.2, 0.25) is 0 Å². The molecule has 0 fully saturated rings. The zero-order valence-corrected chi connectivity index (χ0v) is 9.82. The van der Waals surface area contributed by atoms with Crippen molar-refractivity contribution in [2.24, 2.45) is 5.92 Å². The van der Waals surface area contributed by atoms with Gasteiger partial charge in [-0.15, -0.1) is 0 Å². The molecule has 2 nitrogen and oxygen atoms in total. The third-order valence-electron chi connectivity index (χ3n) is 2.08. The Kier molecular flexibility index (Phi) is 7.51. The van der Waals surface area contributed by atoms with Gasteiger partial charge < -0.3 is 9.59 Å². The van der Waals surface area contributed by atoms with Crippen LogP contribution < -0.4 is 0 Å². The van der Waals surface area contributed by atoms with Gasteiger partial charge in [0.2, 0.25) is 0 Å². The van der Waals surface area contributed by atoms with E-state index in [1.807, 2.05) is 26.0 Å². The summed E-state index contributed by atoms with van der Waals surface area (Å²) in [6.07, 6.45) is 9.19. The second kappa shape index (κ2) is 8.16. The van der Waals surface area contributed by atoms with Crippen molar-refractivity contribution in [3.8, 4) is 0 Å². The summed E-state index contributed by atoms with van der Waals surface area (Å²) < 4.78 is 0. The fourth-order valence-corrected chi connectivity index (χ4v) is 1.12. The molecule has 84 valence electrons. The summed E-state index contributed by atoms with van der Waals surface area (Å²) in [5.74, 6) is 0.221. The number of ketones is 1. The topological polar surface area (TPSA) is 34.1 Å². The van der Waals surface area contributed by atoms with Crippen LogP contribution in [0.4, 0.5) is 0 Å². The molecule has 0 spiro atoms. The highest BCUT2D eigenvalue weighted by molar-refractivity contribution is 5.75. The lowest BCUT2D eigenvalue weighted by Gasteiger charge is -1.97. The highest BCUT2D eigenvalue weighted by Gasteiger charge is 1.93. The molecule has 0 rings (SSSR count). The molecular weight excluding hydrogens is 188 g/mol. The second-order valence-corrected chi connectivity index (χ2v) is 3.92. The zero-order chi connectivity index (χ0) is 11.7. The Morgan fingerprint density at radius 3 is 2.53 bits per heavy atom. The molecule has 0 amide bonds. The Morgan fingerprint density at radius 1 is 1.33 bits per heavy atom. The van der Waals surface area contributed by atoms with Gasteiger partial charge in [0, 0.05) is 12.3 Å². The zero-order valence-electron chi connectivity index (χ0n) is 9.82. The molecule has 0 radical (unpaired) electrons. The minimum absolute atomic E-state index is 0.00461. The highest BCUT2D eigenvalue weighted by atomic mass is 16.1. The van der Waals surface area contributed by atoms with E-state index in [9.17, 15) is 9.59 Å². The Labute approximate surface area is 92.1 Å². The van der Waals surface area contributed by atoms with Crippen LogP contribution in [0.1, 0.15) is 40.0 Å². The molecule has 1 atom stereocenters. The lowest BCUT2D eigenvalue weighted by molar-refractivity contribution is -0.117.